The van der Waals surface area contributed by atoms with Crippen LogP contribution in [0.5, 0.6) is 5.75 Å². The van der Waals surface area contributed by atoms with Gasteiger partial charge in [-0.3, -0.25) is 14.5 Å². The van der Waals surface area contributed by atoms with Crippen LogP contribution in [0.15, 0.2) is 30.5 Å². The number of piperidine rings is 1. The maximum absolute atomic E-state index is 13.4. The van der Waals surface area contributed by atoms with Crippen LogP contribution in [0, 0.1) is 5.92 Å². The average molecular weight is 669 g/mol. The number of nitrogens with one attached hydrogen (secondary N) is 1. The fourth-order valence-corrected chi connectivity index (χ4v) is 8.06. The fraction of sp³-hybridized carbons (Fsp3) is 0.647. The highest BCUT2D eigenvalue weighted by atomic mass is 32.2. The van der Waals surface area contributed by atoms with Crippen LogP contribution in [-0.2, 0) is 30.6 Å². The van der Waals surface area contributed by atoms with Crippen molar-refractivity contribution in [3.05, 3.63) is 36.0 Å². The molecule has 13 heteroatoms. The molecule has 1 amide bonds. The summed E-state index contributed by atoms with van der Waals surface area (Å²) in [5, 5.41) is 3.52. The van der Waals surface area contributed by atoms with Gasteiger partial charge in [0.15, 0.2) is 0 Å². The first-order valence-electron chi connectivity index (χ1n) is 17.1. The van der Waals surface area contributed by atoms with Gasteiger partial charge in [0.05, 0.1) is 12.4 Å². The van der Waals surface area contributed by atoms with E-state index in [0.29, 0.717) is 44.9 Å². The Hall–Kier alpha value is -3.45. The highest BCUT2D eigenvalue weighted by Gasteiger charge is 2.35. The largest absolute Gasteiger partial charge is 0.493 e. The first-order chi connectivity index (χ1) is 22.6. The van der Waals surface area contributed by atoms with E-state index in [1.165, 1.54) is 6.26 Å². The number of hydrogen-bond acceptors (Lipinski definition) is 11. The number of esters is 1. The molecule has 12 nitrogen and oxygen atoms in total. The Bertz CT molecular complexity index is 1520. The Balaban J connectivity index is 0.961. The SMILES string of the molecule is CN1CCCC1C(=O)OC1CCN(C(=O)C2CCC(Nc3nccc(N4CCc5c(OCCCS(C)(=O)=O)cccc54)n3)CC2)CC1. The van der Waals surface area contributed by atoms with Gasteiger partial charge >= 0.3 is 5.97 Å². The molecule has 1 aliphatic carbocycles. The number of benzene rings is 1. The average Bonchev–Trinajstić information content (AvgIpc) is 3.70. The Morgan fingerprint density at radius 3 is 2.51 bits per heavy atom. The van der Waals surface area contributed by atoms with Gasteiger partial charge in [0.2, 0.25) is 11.9 Å². The molecule has 1 N–H and O–H groups in total. The van der Waals surface area contributed by atoms with Crippen LogP contribution in [0.2, 0.25) is 0 Å². The van der Waals surface area contributed by atoms with Gasteiger partial charge in [-0.05, 0) is 83.2 Å². The van der Waals surface area contributed by atoms with Gasteiger partial charge in [0.25, 0.3) is 0 Å². The molecular formula is C34H48N6O6S. The number of amides is 1. The molecule has 4 aliphatic rings. The molecule has 2 saturated heterocycles. The molecule has 2 aromatic rings. The van der Waals surface area contributed by atoms with Crippen molar-refractivity contribution in [3.63, 3.8) is 0 Å². The van der Waals surface area contributed by atoms with Gasteiger partial charge in [0, 0.05) is 68.1 Å². The summed E-state index contributed by atoms with van der Waals surface area (Å²) in [6.07, 6.45) is 10.9. The highest BCUT2D eigenvalue weighted by Crippen LogP contribution is 2.39. The van der Waals surface area contributed by atoms with Crippen molar-refractivity contribution in [2.45, 2.75) is 82.4 Å². The third-order valence-corrected chi connectivity index (χ3v) is 11.1. The van der Waals surface area contributed by atoms with Crippen molar-refractivity contribution in [3.8, 4) is 5.75 Å². The Morgan fingerprint density at radius 1 is 1.00 bits per heavy atom. The Morgan fingerprint density at radius 2 is 1.79 bits per heavy atom. The normalized spacial score (nSPS) is 23.8. The number of likely N-dealkylation sites (tertiary alicyclic amines) is 2. The molecule has 4 heterocycles. The van der Waals surface area contributed by atoms with E-state index < -0.39 is 9.84 Å². The van der Waals surface area contributed by atoms with Crippen LogP contribution in [0.25, 0.3) is 0 Å². The van der Waals surface area contributed by atoms with Crippen molar-refractivity contribution in [2.75, 3.05) is 62.1 Å². The predicted octanol–water partition coefficient (Wildman–Crippen LogP) is 3.58. The van der Waals surface area contributed by atoms with E-state index in [0.717, 1.165) is 80.9 Å². The molecule has 3 aliphatic heterocycles. The summed E-state index contributed by atoms with van der Waals surface area (Å²) in [5.41, 5.74) is 2.14. The molecule has 0 bridgehead atoms. The number of fused-ring (bicyclic) bond motifs is 1. The number of hydrogen-bond donors (Lipinski definition) is 1. The van der Waals surface area contributed by atoms with Crippen LogP contribution in [0.4, 0.5) is 17.5 Å². The van der Waals surface area contributed by atoms with E-state index in [-0.39, 0.29) is 41.7 Å². The van der Waals surface area contributed by atoms with Crippen LogP contribution >= 0.6 is 0 Å². The second kappa shape index (κ2) is 14.8. The first-order valence-corrected chi connectivity index (χ1v) is 19.2. The lowest BCUT2D eigenvalue weighted by molar-refractivity contribution is -0.157. The minimum absolute atomic E-state index is 0.0235. The van der Waals surface area contributed by atoms with Crippen LogP contribution in [-0.4, -0.2) is 110 Å². The fourth-order valence-electron chi connectivity index (χ4n) is 7.42. The van der Waals surface area contributed by atoms with Crippen molar-refractivity contribution >= 4 is 39.2 Å². The van der Waals surface area contributed by atoms with Crippen LogP contribution in [0.1, 0.15) is 63.4 Å². The van der Waals surface area contributed by atoms with E-state index in [1.807, 2.05) is 30.1 Å². The van der Waals surface area contributed by atoms with Gasteiger partial charge in [-0.2, -0.15) is 4.98 Å². The summed E-state index contributed by atoms with van der Waals surface area (Å²) in [6, 6.07) is 7.94. The molecule has 256 valence electrons. The zero-order valence-electron chi connectivity index (χ0n) is 27.6. The summed E-state index contributed by atoms with van der Waals surface area (Å²) >= 11 is 0. The molecule has 47 heavy (non-hydrogen) atoms. The van der Waals surface area contributed by atoms with Gasteiger partial charge in [-0.15, -0.1) is 0 Å². The van der Waals surface area contributed by atoms with E-state index >= 15 is 0 Å². The number of anilines is 3. The number of nitrogens with zero attached hydrogens (tertiary/aromatic N) is 5. The third kappa shape index (κ3) is 8.35. The molecule has 1 unspecified atom stereocenters. The first kappa shape index (κ1) is 33.5. The highest BCUT2D eigenvalue weighted by molar-refractivity contribution is 7.90. The zero-order chi connectivity index (χ0) is 33.0. The Kier molecular flexibility index (Phi) is 10.5. The molecule has 1 aromatic heterocycles. The maximum atomic E-state index is 13.4. The smallest absolute Gasteiger partial charge is 0.323 e. The number of rotatable bonds is 11. The molecule has 0 radical (unpaired) electrons. The number of carbonyl (C=O) groups is 2. The summed E-state index contributed by atoms with van der Waals surface area (Å²) in [4.78, 5) is 41.5. The third-order valence-electron chi connectivity index (χ3n) is 10.1. The summed E-state index contributed by atoms with van der Waals surface area (Å²) in [7, 11) is -1.03. The molecule has 3 fully saturated rings. The summed E-state index contributed by atoms with van der Waals surface area (Å²) in [6.45, 7) is 3.35. The van der Waals surface area contributed by atoms with Crippen molar-refractivity contribution in [1.29, 1.82) is 0 Å². The van der Waals surface area contributed by atoms with E-state index in [4.69, 9.17) is 14.5 Å². The monoisotopic (exact) mass is 668 g/mol. The minimum atomic E-state index is -3.01. The Labute approximate surface area is 278 Å². The number of sulfone groups is 1. The summed E-state index contributed by atoms with van der Waals surface area (Å²) in [5.74, 6) is 2.43. The number of carbonyl (C=O) groups excluding carboxylic acids is 2. The van der Waals surface area contributed by atoms with Gasteiger partial charge < -0.3 is 24.6 Å². The lowest BCUT2D eigenvalue weighted by Gasteiger charge is -2.36. The van der Waals surface area contributed by atoms with Gasteiger partial charge in [-0.1, -0.05) is 6.07 Å². The standard InChI is InChI=1S/C34H48N6O6S/c1-38-18-4-7-29(38)33(42)46-26-14-19-39(20-15-26)32(41)24-9-11-25(12-10-24)36-34-35-17-13-31(37-34)40-21-16-27-28(40)6-3-8-30(27)45-22-5-23-47(2,43)44/h3,6,8,13,17,24-26,29H,4-5,7,9-12,14-16,18-23H2,1-2H3,(H,35,36,37). The second-order valence-electron chi connectivity index (χ2n) is 13.5. The van der Waals surface area contributed by atoms with Crippen LogP contribution in [0.3, 0.4) is 0 Å². The number of ether oxygens (including phenoxy) is 2. The van der Waals surface area contributed by atoms with E-state index in [2.05, 4.69) is 26.2 Å². The quantitative estimate of drug-likeness (QED) is 0.278. The molecule has 1 aromatic carbocycles. The second-order valence-corrected chi connectivity index (χ2v) is 15.8. The minimum Gasteiger partial charge on any atom is -0.493 e. The predicted molar refractivity (Wildman–Crippen MR) is 180 cm³/mol. The molecule has 0 spiro atoms. The number of aromatic nitrogens is 2. The topological polar surface area (TPSA) is 134 Å². The van der Waals surface area contributed by atoms with Crippen molar-refractivity contribution in [1.82, 2.24) is 19.8 Å². The van der Waals surface area contributed by atoms with Crippen LogP contribution < -0.4 is 15.0 Å². The molecule has 1 atom stereocenters. The zero-order valence-corrected chi connectivity index (χ0v) is 28.4. The molecular weight excluding hydrogens is 620 g/mol. The lowest BCUT2D eigenvalue weighted by Crippen LogP contribution is -2.46. The molecule has 1 saturated carbocycles. The van der Waals surface area contributed by atoms with E-state index in [9.17, 15) is 18.0 Å². The summed E-state index contributed by atoms with van der Waals surface area (Å²) < 4.78 is 34.7. The maximum Gasteiger partial charge on any atom is 0.323 e. The van der Waals surface area contributed by atoms with Crippen molar-refractivity contribution in [2.24, 2.45) is 5.92 Å². The lowest BCUT2D eigenvalue weighted by atomic mass is 9.85. The number of likely N-dealkylation sites (N-methyl/N-ethyl adjacent to an activating group) is 1. The van der Waals surface area contributed by atoms with Gasteiger partial charge in [0.1, 0.15) is 33.6 Å². The van der Waals surface area contributed by atoms with E-state index in [1.54, 1.807) is 6.20 Å². The van der Waals surface area contributed by atoms with Crippen molar-refractivity contribution < 1.29 is 27.5 Å². The van der Waals surface area contributed by atoms with Gasteiger partial charge in [-0.25, -0.2) is 13.4 Å². The molecule has 6 rings (SSSR count).